The van der Waals surface area contributed by atoms with E-state index in [1.807, 2.05) is 0 Å². The van der Waals surface area contributed by atoms with Crippen molar-refractivity contribution >= 4 is 17.5 Å². The topological polar surface area (TPSA) is 55.2 Å². The van der Waals surface area contributed by atoms with Crippen molar-refractivity contribution in [2.75, 3.05) is 0 Å². The highest BCUT2D eigenvalue weighted by atomic mass is 35.5. The van der Waals surface area contributed by atoms with Crippen molar-refractivity contribution in [1.82, 2.24) is 14.7 Å². The first kappa shape index (κ1) is 19.3. The number of aromatic nitrogens is 2. The Labute approximate surface area is 172 Å². The van der Waals surface area contributed by atoms with Crippen LogP contribution in [0.4, 0.5) is 4.39 Å². The number of rotatable bonds is 5. The van der Waals surface area contributed by atoms with Gasteiger partial charge in [-0.15, -0.1) is 0 Å². The number of hydrogen-bond acceptors (Lipinski definition) is 3. The molecule has 0 atom stereocenters. The maximum Gasteiger partial charge on any atom is 0.278 e. The molecule has 2 aromatic carbocycles. The van der Waals surface area contributed by atoms with Crippen LogP contribution in [0, 0.1) is 12.7 Å². The molecule has 29 heavy (non-hydrogen) atoms. The van der Waals surface area contributed by atoms with E-state index in [2.05, 4.69) is 5.10 Å². The Bertz CT molecular complexity index is 1120. The summed E-state index contributed by atoms with van der Waals surface area (Å²) in [5.74, 6) is -0.857. The highest BCUT2D eigenvalue weighted by molar-refractivity contribution is 6.30. The first-order valence-electron chi connectivity index (χ1n) is 9.35. The summed E-state index contributed by atoms with van der Waals surface area (Å²) in [7, 11) is 0. The predicted octanol–water partition coefficient (Wildman–Crippen LogP) is 4.14. The molecule has 0 N–H and O–H groups in total. The van der Waals surface area contributed by atoms with Gasteiger partial charge >= 0.3 is 0 Å². The number of halogens is 2. The Balaban J connectivity index is 1.71. The summed E-state index contributed by atoms with van der Waals surface area (Å²) >= 11 is 5.95. The molecule has 0 bridgehead atoms. The van der Waals surface area contributed by atoms with Gasteiger partial charge in [-0.1, -0.05) is 29.8 Å². The molecule has 0 spiro atoms. The molecule has 1 fully saturated rings. The van der Waals surface area contributed by atoms with Crippen molar-refractivity contribution in [3.8, 4) is 5.69 Å². The molecule has 3 aromatic rings. The van der Waals surface area contributed by atoms with Crippen molar-refractivity contribution in [2.24, 2.45) is 0 Å². The van der Waals surface area contributed by atoms with Crippen LogP contribution in [0.1, 0.15) is 34.6 Å². The Hall–Kier alpha value is -2.99. The fraction of sp³-hybridized carbons (Fsp3) is 0.227. The van der Waals surface area contributed by atoms with Crippen LogP contribution in [-0.2, 0) is 6.54 Å². The number of hydrogen-bond donors (Lipinski definition) is 0. The predicted molar refractivity (Wildman–Crippen MR) is 109 cm³/mol. The lowest BCUT2D eigenvalue weighted by Gasteiger charge is -2.22. The quantitative estimate of drug-likeness (QED) is 0.634. The van der Waals surface area contributed by atoms with Crippen molar-refractivity contribution in [3.05, 3.63) is 92.6 Å². The zero-order valence-corrected chi connectivity index (χ0v) is 16.6. The molecule has 1 amide bonds. The van der Waals surface area contributed by atoms with Gasteiger partial charge in [0.25, 0.3) is 5.91 Å². The minimum absolute atomic E-state index is 0.00593. The summed E-state index contributed by atoms with van der Waals surface area (Å²) in [5.41, 5.74) is 1.08. The van der Waals surface area contributed by atoms with Gasteiger partial charge in [0.05, 0.1) is 5.69 Å². The summed E-state index contributed by atoms with van der Waals surface area (Å²) in [6, 6.07) is 14.7. The summed E-state index contributed by atoms with van der Waals surface area (Å²) in [4.78, 5) is 27.3. The van der Waals surface area contributed by atoms with E-state index in [0.29, 0.717) is 22.0 Å². The number of aryl methyl sites for hydroxylation is 1. The van der Waals surface area contributed by atoms with Gasteiger partial charge in [-0.25, -0.2) is 9.07 Å². The third kappa shape index (κ3) is 4.07. The molecular weight excluding hydrogens is 393 g/mol. The first-order chi connectivity index (χ1) is 13.9. The Morgan fingerprint density at radius 1 is 1.21 bits per heavy atom. The minimum atomic E-state index is -0.483. The second-order valence-electron chi connectivity index (χ2n) is 7.14. The Morgan fingerprint density at radius 2 is 1.90 bits per heavy atom. The first-order valence-corrected chi connectivity index (χ1v) is 9.73. The van der Waals surface area contributed by atoms with E-state index in [4.69, 9.17) is 11.6 Å². The van der Waals surface area contributed by atoms with Crippen LogP contribution in [0.2, 0.25) is 5.02 Å². The van der Waals surface area contributed by atoms with E-state index >= 15 is 0 Å². The minimum Gasteiger partial charge on any atom is -0.330 e. The van der Waals surface area contributed by atoms with E-state index < -0.39 is 11.3 Å². The molecule has 4 rings (SSSR count). The van der Waals surface area contributed by atoms with Gasteiger partial charge in [-0.05, 0) is 50.1 Å². The summed E-state index contributed by atoms with van der Waals surface area (Å²) < 4.78 is 15.7. The Kier molecular flexibility index (Phi) is 5.20. The molecule has 5 nitrogen and oxygen atoms in total. The molecule has 0 saturated heterocycles. The van der Waals surface area contributed by atoms with Crippen LogP contribution >= 0.6 is 11.6 Å². The molecule has 0 aliphatic heterocycles. The van der Waals surface area contributed by atoms with Crippen LogP contribution < -0.4 is 5.43 Å². The van der Waals surface area contributed by atoms with E-state index in [1.165, 1.54) is 12.1 Å². The molecule has 1 aliphatic rings. The van der Waals surface area contributed by atoms with E-state index in [-0.39, 0.29) is 24.1 Å². The van der Waals surface area contributed by atoms with Crippen LogP contribution in [0.25, 0.3) is 5.69 Å². The average molecular weight is 412 g/mol. The average Bonchev–Trinajstić information content (AvgIpc) is 3.53. The lowest BCUT2D eigenvalue weighted by Crippen LogP contribution is -2.37. The maximum absolute atomic E-state index is 14.1. The van der Waals surface area contributed by atoms with E-state index in [1.54, 1.807) is 59.0 Å². The number of amides is 1. The molecule has 7 heteroatoms. The number of carbonyl (C=O) groups excluding carboxylic acids is 1. The van der Waals surface area contributed by atoms with E-state index in [0.717, 1.165) is 12.8 Å². The molecular formula is C22H19ClFN3O2. The monoisotopic (exact) mass is 411 g/mol. The molecule has 1 saturated carbocycles. The third-order valence-electron chi connectivity index (χ3n) is 4.93. The normalized spacial score (nSPS) is 13.3. The van der Waals surface area contributed by atoms with Gasteiger partial charge in [-0.2, -0.15) is 5.10 Å². The molecule has 1 aliphatic carbocycles. The largest absolute Gasteiger partial charge is 0.330 e. The zero-order chi connectivity index (χ0) is 20.5. The molecule has 1 aromatic heterocycles. The third-order valence-corrected chi connectivity index (χ3v) is 5.18. The number of carbonyl (C=O) groups is 1. The zero-order valence-electron chi connectivity index (χ0n) is 15.8. The van der Waals surface area contributed by atoms with Gasteiger partial charge < -0.3 is 4.90 Å². The van der Waals surface area contributed by atoms with Gasteiger partial charge in [0.15, 0.2) is 5.69 Å². The van der Waals surface area contributed by atoms with Crippen LogP contribution in [-0.4, -0.2) is 26.6 Å². The fourth-order valence-electron chi connectivity index (χ4n) is 3.24. The van der Waals surface area contributed by atoms with Gasteiger partial charge in [0.2, 0.25) is 5.43 Å². The van der Waals surface area contributed by atoms with Crippen molar-refractivity contribution in [3.63, 3.8) is 0 Å². The van der Waals surface area contributed by atoms with Gasteiger partial charge in [0, 0.05) is 34.9 Å². The fourth-order valence-corrected chi connectivity index (χ4v) is 3.36. The standard InChI is InChI=1S/C22H19ClFN3O2/c1-14-12-20(28)21(25-27(14)18-8-6-16(23)7-9-18)22(29)26(17-10-11-17)13-15-4-2-3-5-19(15)24/h2-9,12,17H,10-11,13H2,1H3. The lowest BCUT2D eigenvalue weighted by atomic mass is 10.2. The molecule has 148 valence electrons. The maximum atomic E-state index is 14.1. The van der Waals surface area contributed by atoms with Crippen molar-refractivity contribution in [1.29, 1.82) is 0 Å². The molecule has 0 unspecified atom stereocenters. The van der Waals surface area contributed by atoms with Crippen molar-refractivity contribution in [2.45, 2.75) is 32.4 Å². The van der Waals surface area contributed by atoms with Crippen LogP contribution in [0.5, 0.6) is 0 Å². The molecule has 0 radical (unpaired) electrons. The van der Waals surface area contributed by atoms with Crippen molar-refractivity contribution < 1.29 is 9.18 Å². The summed E-state index contributed by atoms with van der Waals surface area (Å²) in [5, 5.41) is 4.92. The Morgan fingerprint density at radius 3 is 2.55 bits per heavy atom. The second-order valence-corrected chi connectivity index (χ2v) is 7.58. The van der Waals surface area contributed by atoms with Gasteiger partial charge in [-0.3, -0.25) is 9.59 Å². The highest BCUT2D eigenvalue weighted by Crippen LogP contribution is 2.29. The second kappa shape index (κ2) is 7.79. The SMILES string of the molecule is Cc1cc(=O)c(C(=O)N(Cc2ccccc2F)C2CC2)nn1-c1ccc(Cl)cc1. The smallest absolute Gasteiger partial charge is 0.278 e. The molecule has 1 heterocycles. The van der Waals surface area contributed by atoms with E-state index in [9.17, 15) is 14.0 Å². The lowest BCUT2D eigenvalue weighted by molar-refractivity contribution is 0.0718. The van der Waals surface area contributed by atoms with Crippen LogP contribution in [0.15, 0.2) is 59.4 Å². The number of benzene rings is 2. The van der Waals surface area contributed by atoms with Gasteiger partial charge in [0.1, 0.15) is 5.82 Å². The summed E-state index contributed by atoms with van der Waals surface area (Å²) in [6.45, 7) is 1.85. The highest BCUT2D eigenvalue weighted by Gasteiger charge is 2.35. The number of nitrogens with zero attached hydrogens (tertiary/aromatic N) is 3. The van der Waals surface area contributed by atoms with Crippen LogP contribution in [0.3, 0.4) is 0 Å². The summed E-state index contributed by atoms with van der Waals surface area (Å²) in [6.07, 6.45) is 1.66.